The van der Waals surface area contributed by atoms with Crippen LogP contribution >= 0.6 is 11.6 Å². The quantitative estimate of drug-likeness (QED) is 0.0744. The van der Waals surface area contributed by atoms with E-state index in [0.717, 1.165) is 74.3 Å². The Balaban J connectivity index is 0.870. The van der Waals surface area contributed by atoms with Crippen molar-refractivity contribution in [2.45, 2.75) is 120 Å². The summed E-state index contributed by atoms with van der Waals surface area (Å²) in [6, 6.07) is 23.7. The fourth-order valence-corrected chi connectivity index (χ4v) is 11.3. The highest BCUT2D eigenvalue weighted by atomic mass is 35.5. The van der Waals surface area contributed by atoms with Crippen LogP contribution in [0.5, 0.6) is 17.2 Å². The van der Waals surface area contributed by atoms with E-state index >= 15 is 0 Å². The number of aromatic nitrogens is 1. The second-order valence-corrected chi connectivity index (χ2v) is 19.7. The summed E-state index contributed by atoms with van der Waals surface area (Å²) >= 11 is 6.32. The number of amides is 1. The van der Waals surface area contributed by atoms with Gasteiger partial charge >= 0.3 is 5.97 Å². The van der Waals surface area contributed by atoms with E-state index in [2.05, 4.69) is 46.5 Å². The van der Waals surface area contributed by atoms with Crippen LogP contribution in [0.2, 0.25) is 5.02 Å². The molecule has 1 spiro atoms. The number of rotatable bonds is 20. The molecule has 1 saturated carbocycles. The number of fused-ring (bicyclic) bond motifs is 3. The van der Waals surface area contributed by atoms with Crippen LogP contribution in [0.4, 0.5) is 10.1 Å². The number of carboxylic acid groups (broad SMARTS) is 1. The number of anilines is 1. The summed E-state index contributed by atoms with van der Waals surface area (Å²) < 4.78 is 32.4. The lowest BCUT2D eigenvalue weighted by Crippen LogP contribution is -2.53. The van der Waals surface area contributed by atoms with Gasteiger partial charge in [0.2, 0.25) is 5.91 Å². The van der Waals surface area contributed by atoms with Crippen molar-refractivity contribution in [3.8, 4) is 17.2 Å². The Hall–Kier alpha value is -4.87. The minimum Gasteiger partial charge on any atom is -0.494 e. The van der Waals surface area contributed by atoms with Gasteiger partial charge in [-0.3, -0.25) is 14.7 Å². The SMILES string of the molecule is C[C@@H](COc1ccnc2c1[C@H](C)CCC2)C[C@H]1Cc2ccc(OCCCC(=O)NCCc3cccc(OCCN4CC[C@@H](F)C4)c3)cc2C12CCC(Nc1cccc(Cl)c1)(C(=O)O)CC2. The summed E-state index contributed by atoms with van der Waals surface area (Å²) in [5.74, 6) is 2.68. The molecule has 4 aliphatic rings. The van der Waals surface area contributed by atoms with Gasteiger partial charge < -0.3 is 30.0 Å². The van der Waals surface area contributed by atoms with Gasteiger partial charge in [-0.1, -0.05) is 49.7 Å². The number of carbonyl (C=O) groups excluding carboxylic acids is 1. The van der Waals surface area contributed by atoms with Crippen molar-refractivity contribution < 1.29 is 33.3 Å². The number of hydrogen-bond donors (Lipinski definition) is 3. The lowest BCUT2D eigenvalue weighted by Gasteiger charge is -2.47. The third-order valence-electron chi connectivity index (χ3n) is 14.6. The number of halogens is 2. The fourth-order valence-electron chi connectivity index (χ4n) is 11.1. The van der Waals surface area contributed by atoms with Crippen LogP contribution in [0.15, 0.2) is 79.0 Å². The lowest BCUT2D eigenvalue weighted by atomic mass is 9.59. The number of carboxylic acids is 1. The fraction of sp³-hybridized carbons (Fsp3) is 0.528. The zero-order valence-electron chi connectivity index (χ0n) is 38.1. The largest absolute Gasteiger partial charge is 0.494 e. The molecular weight excluding hydrogens is 843 g/mol. The maximum Gasteiger partial charge on any atom is 0.329 e. The molecule has 0 unspecified atom stereocenters. The molecule has 8 rings (SSSR count). The lowest BCUT2D eigenvalue weighted by molar-refractivity contribution is -0.144. The standard InChI is InChI=1S/C53H66ClFN4O6/c1-36(35-65-48-17-24-56-47-12-3-7-37(2)50(47)48)29-40-31-39-14-15-45(33-46(39)52(40)19-21-53(22-20-52,51(61)62)58-43-10-5-9-41(54)32-43)63-27-6-13-49(60)57-23-16-38-8-4-11-44(30-38)64-28-26-59-25-18-42(55)34-59/h4-5,8-11,14-15,17,24,30,32-33,36-37,40,42,58H,3,6-7,12-13,16,18-23,25-29,31,34-35H2,1-2H3,(H,57,60)(H,61,62)/t36-,37-,40+,42-,52?,53?/m1/s1. The highest BCUT2D eigenvalue weighted by Crippen LogP contribution is 2.57. The Kier molecular flexibility index (Phi) is 15.2. The van der Waals surface area contributed by atoms with Crippen LogP contribution in [0.1, 0.15) is 112 Å². The number of alkyl halides is 1. The molecule has 4 atom stereocenters. The predicted molar refractivity (Wildman–Crippen MR) is 253 cm³/mol. The van der Waals surface area contributed by atoms with E-state index in [1.54, 1.807) is 12.1 Å². The Morgan fingerprint density at radius 3 is 2.60 bits per heavy atom. The molecule has 3 aliphatic carbocycles. The number of nitrogens with zero attached hydrogens (tertiary/aromatic N) is 2. The summed E-state index contributed by atoms with van der Waals surface area (Å²) in [5.41, 5.74) is 5.45. The molecular formula is C53H66ClFN4O6. The van der Waals surface area contributed by atoms with Crippen molar-refractivity contribution in [2.24, 2.45) is 11.8 Å². The van der Waals surface area contributed by atoms with E-state index in [9.17, 15) is 19.1 Å². The maximum atomic E-state index is 13.5. The number of aliphatic carboxylic acids is 1. The number of benzene rings is 3. The van der Waals surface area contributed by atoms with Gasteiger partial charge in [-0.25, -0.2) is 9.18 Å². The smallest absolute Gasteiger partial charge is 0.329 e. The van der Waals surface area contributed by atoms with E-state index in [0.29, 0.717) is 101 Å². The first-order valence-electron chi connectivity index (χ1n) is 24.0. The van der Waals surface area contributed by atoms with Crippen molar-refractivity contribution in [2.75, 3.05) is 51.3 Å². The molecule has 10 nitrogen and oxygen atoms in total. The van der Waals surface area contributed by atoms with Gasteiger partial charge in [0.05, 0.1) is 13.2 Å². The van der Waals surface area contributed by atoms with Crippen LogP contribution in [-0.2, 0) is 34.3 Å². The first-order chi connectivity index (χ1) is 31.5. The van der Waals surface area contributed by atoms with Gasteiger partial charge in [-0.2, -0.15) is 0 Å². The summed E-state index contributed by atoms with van der Waals surface area (Å²) in [6.45, 7) is 8.58. The van der Waals surface area contributed by atoms with Crippen molar-refractivity contribution >= 4 is 29.2 Å². The van der Waals surface area contributed by atoms with E-state index < -0.39 is 17.7 Å². The maximum absolute atomic E-state index is 13.5. The van der Waals surface area contributed by atoms with Crippen molar-refractivity contribution in [3.63, 3.8) is 0 Å². The molecule has 12 heteroatoms. The first kappa shape index (κ1) is 46.7. The topological polar surface area (TPSA) is 122 Å². The van der Waals surface area contributed by atoms with E-state index in [1.807, 2.05) is 54.7 Å². The minimum atomic E-state index is -1.11. The van der Waals surface area contributed by atoms with Gasteiger partial charge in [0.15, 0.2) is 0 Å². The Morgan fingerprint density at radius 1 is 0.985 bits per heavy atom. The Labute approximate surface area is 389 Å². The van der Waals surface area contributed by atoms with Crippen molar-refractivity contribution in [1.29, 1.82) is 0 Å². The molecule has 0 bridgehead atoms. The molecule has 348 valence electrons. The zero-order chi connectivity index (χ0) is 45.4. The van der Waals surface area contributed by atoms with E-state index in [-0.39, 0.29) is 17.2 Å². The molecule has 0 radical (unpaired) electrons. The molecule has 2 fully saturated rings. The minimum absolute atomic E-state index is 0.0135. The number of ether oxygens (including phenoxy) is 3. The molecule has 1 amide bonds. The second-order valence-electron chi connectivity index (χ2n) is 19.2. The van der Waals surface area contributed by atoms with Crippen LogP contribution in [0.3, 0.4) is 0 Å². The molecule has 65 heavy (non-hydrogen) atoms. The third kappa shape index (κ3) is 11.4. The number of nitrogens with one attached hydrogen (secondary N) is 2. The van der Waals surface area contributed by atoms with Crippen molar-refractivity contribution in [3.05, 3.63) is 112 Å². The highest BCUT2D eigenvalue weighted by Gasteiger charge is 2.54. The van der Waals surface area contributed by atoms with Crippen LogP contribution < -0.4 is 24.8 Å². The number of hydrogen-bond acceptors (Lipinski definition) is 8. The summed E-state index contributed by atoms with van der Waals surface area (Å²) in [7, 11) is 0. The van der Waals surface area contributed by atoms with Gasteiger partial charge in [0.1, 0.15) is 35.6 Å². The molecule has 4 aromatic rings. The number of aryl methyl sites for hydroxylation is 1. The van der Waals surface area contributed by atoms with Crippen LogP contribution in [0.25, 0.3) is 0 Å². The number of carbonyl (C=O) groups is 2. The van der Waals surface area contributed by atoms with Gasteiger partial charge in [0, 0.05) is 60.8 Å². The molecule has 2 heterocycles. The monoisotopic (exact) mass is 908 g/mol. The average Bonchev–Trinajstić information content (AvgIpc) is 3.84. The summed E-state index contributed by atoms with van der Waals surface area (Å²) in [4.78, 5) is 32.7. The Bertz CT molecular complexity index is 2270. The van der Waals surface area contributed by atoms with Crippen LogP contribution in [0, 0.1) is 11.8 Å². The van der Waals surface area contributed by atoms with Gasteiger partial charge in [-0.15, -0.1) is 0 Å². The third-order valence-corrected chi connectivity index (χ3v) is 14.8. The number of likely N-dealkylation sites (tertiary alicyclic amines) is 1. The normalized spacial score (nSPS) is 24.2. The average molecular weight is 910 g/mol. The highest BCUT2D eigenvalue weighted by molar-refractivity contribution is 6.30. The summed E-state index contributed by atoms with van der Waals surface area (Å²) in [5, 5.41) is 17.7. The van der Waals surface area contributed by atoms with E-state index in [4.69, 9.17) is 25.8 Å². The molecule has 1 saturated heterocycles. The zero-order valence-corrected chi connectivity index (χ0v) is 38.9. The van der Waals surface area contributed by atoms with E-state index in [1.165, 1.54) is 22.4 Å². The Morgan fingerprint density at radius 2 is 1.80 bits per heavy atom. The molecule has 1 aliphatic heterocycles. The molecule has 3 N–H and O–H groups in total. The molecule has 3 aromatic carbocycles. The number of pyridine rings is 1. The first-order valence-corrected chi connectivity index (χ1v) is 24.4. The van der Waals surface area contributed by atoms with Gasteiger partial charge in [-0.05, 0) is 165 Å². The van der Waals surface area contributed by atoms with Crippen LogP contribution in [-0.4, -0.2) is 84.6 Å². The second kappa shape index (κ2) is 21.2. The predicted octanol–water partition coefficient (Wildman–Crippen LogP) is 10.1. The van der Waals surface area contributed by atoms with Crippen molar-refractivity contribution in [1.82, 2.24) is 15.2 Å². The van der Waals surface area contributed by atoms with Gasteiger partial charge in [0.25, 0.3) is 0 Å². The molecule has 1 aromatic heterocycles. The summed E-state index contributed by atoms with van der Waals surface area (Å²) in [6.07, 6.45) is 10.9.